The molecule has 0 aliphatic carbocycles. The summed E-state index contributed by atoms with van der Waals surface area (Å²) in [6, 6.07) is 7.38. The van der Waals surface area contributed by atoms with Gasteiger partial charge < -0.3 is 19.5 Å². The monoisotopic (exact) mass is 307 g/mol. The third-order valence-corrected chi connectivity index (χ3v) is 3.60. The van der Waals surface area contributed by atoms with Crippen LogP contribution in [0.1, 0.15) is 39.7 Å². The van der Waals surface area contributed by atoms with Crippen LogP contribution < -0.4 is 4.74 Å². The fraction of sp³-hybridized carbons (Fsp3) is 0.588. The summed E-state index contributed by atoms with van der Waals surface area (Å²) in [5.74, 6) is 0.775. The SMILES string of the molecule is CCOc1ccc(C2(O)CCN(C(=O)OC(C)(C)C)C2)cc1. The fourth-order valence-corrected chi connectivity index (χ4v) is 2.54. The Labute approximate surface area is 131 Å². The molecule has 1 unspecified atom stereocenters. The second kappa shape index (κ2) is 6.16. The highest BCUT2D eigenvalue weighted by molar-refractivity contribution is 5.68. The molecule has 2 rings (SSSR count). The van der Waals surface area contributed by atoms with Crippen molar-refractivity contribution in [3.05, 3.63) is 29.8 Å². The summed E-state index contributed by atoms with van der Waals surface area (Å²) in [7, 11) is 0. The number of ether oxygens (including phenoxy) is 2. The van der Waals surface area contributed by atoms with Crippen LogP contribution >= 0.6 is 0 Å². The Balaban J connectivity index is 2.05. The van der Waals surface area contributed by atoms with Gasteiger partial charge in [-0.2, -0.15) is 0 Å². The number of likely N-dealkylation sites (tertiary alicyclic amines) is 1. The largest absolute Gasteiger partial charge is 0.494 e. The molecule has 1 heterocycles. The first-order valence-corrected chi connectivity index (χ1v) is 7.67. The van der Waals surface area contributed by atoms with Gasteiger partial charge in [-0.1, -0.05) is 12.1 Å². The van der Waals surface area contributed by atoms with Crippen molar-refractivity contribution in [1.82, 2.24) is 4.90 Å². The van der Waals surface area contributed by atoms with E-state index >= 15 is 0 Å². The Bertz CT molecular complexity index is 520. The first kappa shape index (κ1) is 16.6. The van der Waals surface area contributed by atoms with Crippen molar-refractivity contribution >= 4 is 6.09 Å². The van der Waals surface area contributed by atoms with Gasteiger partial charge in [0.15, 0.2) is 0 Å². The Morgan fingerprint density at radius 3 is 2.50 bits per heavy atom. The van der Waals surface area contributed by atoms with Crippen molar-refractivity contribution < 1.29 is 19.4 Å². The summed E-state index contributed by atoms with van der Waals surface area (Å²) in [4.78, 5) is 13.6. The number of aliphatic hydroxyl groups is 1. The van der Waals surface area contributed by atoms with Crippen molar-refractivity contribution in [3.8, 4) is 5.75 Å². The fourth-order valence-electron chi connectivity index (χ4n) is 2.54. The molecule has 22 heavy (non-hydrogen) atoms. The van der Waals surface area contributed by atoms with Crippen LogP contribution in [0.15, 0.2) is 24.3 Å². The molecule has 5 heteroatoms. The smallest absolute Gasteiger partial charge is 0.410 e. The van der Waals surface area contributed by atoms with E-state index in [2.05, 4.69) is 0 Å². The Morgan fingerprint density at radius 2 is 1.95 bits per heavy atom. The zero-order valence-electron chi connectivity index (χ0n) is 13.8. The van der Waals surface area contributed by atoms with E-state index in [0.29, 0.717) is 19.6 Å². The zero-order valence-corrected chi connectivity index (χ0v) is 13.8. The molecule has 0 saturated carbocycles. The van der Waals surface area contributed by atoms with Crippen molar-refractivity contribution in [3.63, 3.8) is 0 Å². The normalized spacial score (nSPS) is 21.8. The second-order valence-corrected chi connectivity index (χ2v) is 6.64. The number of benzene rings is 1. The molecule has 1 aliphatic rings. The van der Waals surface area contributed by atoms with Gasteiger partial charge in [0.2, 0.25) is 0 Å². The lowest BCUT2D eigenvalue weighted by Crippen LogP contribution is -2.38. The molecule has 122 valence electrons. The summed E-state index contributed by atoms with van der Waals surface area (Å²) in [6.07, 6.45) is 0.120. The molecule has 1 N–H and O–H groups in total. The molecule has 1 saturated heterocycles. The summed E-state index contributed by atoms with van der Waals surface area (Å²) >= 11 is 0. The third kappa shape index (κ3) is 3.91. The molecule has 0 bridgehead atoms. The molecule has 1 aliphatic heterocycles. The van der Waals surface area contributed by atoms with Crippen LogP contribution in [-0.2, 0) is 10.3 Å². The average molecular weight is 307 g/mol. The van der Waals surface area contributed by atoms with Crippen LogP contribution in [0.2, 0.25) is 0 Å². The minimum absolute atomic E-state index is 0.246. The van der Waals surface area contributed by atoms with Gasteiger partial charge in [-0.25, -0.2) is 4.79 Å². The highest BCUT2D eigenvalue weighted by Crippen LogP contribution is 2.33. The van der Waals surface area contributed by atoms with Crippen LogP contribution in [0, 0.1) is 0 Å². The third-order valence-electron chi connectivity index (χ3n) is 3.60. The van der Waals surface area contributed by atoms with Gasteiger partial charge in [-0.15, -0.1) is 0 Å². The maximum Gasteiger partial charge on any atom is 0.410 e. The van der Waals surface area contributed by atoms with Crippen molar-refractivity contribution in [2.75, 3.05) is 19.7 Å². The van der Waals surface area contributed by atoms with Gasteiger partial charge in [0, 0.05) is 6.54 Å². The second-order valence-electron chi connectivity index (χ2n) is 6.64. The van der Waals surface area contributed by atoms with Crippen LogP contribution in [0.25, 0.3) is 0 Å². The first-order chi connectivity index (χ1) is 10.2. The quantitative estimate of drug-likeness (QED) is 0.933. The lowest BCUT2D eigenvalue weighted by atomic mass is 9.93. The number of nitrogens with zero attached hydrogens (tertiary/aromatic N) is 1. The van der Waals surface area contributed by atoms with Crippen LogP contribution in [0.5, 0.6) is 5.75 Å². The Hall–Kier alpha value is -1.75. The standard InChI is InChI=1S/C17H25NO4/c1-5-21-14-8-6-13(7-9-14)17(20)10-11-18(12-17)15(19)22-16(2,3)4/h6-9,20H,5,10-12H2,1-4H3. The summed E-state index contributed by atoms with van der Waals surface area (Å²) in [5.41, 5.74) is -0.763. The summed E-state index contributed by atoms with van der Waals surface area (Å²) < 4.78 is 10.8. The van der Waals surface area contributed by atoms with E-state index in [1.165, 1.54) is 0 Å². The van der Waals surface area contributed by atoms with Gasteiger partial charge in [-0.05, 0) is 51.8 Å². The minimum Gasteiger partial charge on any atom is -0.494 e. The molecule has 0 radical (unpaired) electrons. The van der Waals surface area contributed by atoms with E-state index in [0.717, 1.165) is 11.3 Å². The lowest BCUT2D eigenvalue weighted by Gasteiger charge is -2.26. The van der Waals surface area contributed by atoms with Gasteiger partial charge in [0.05, 0.1) is 13.2 Å². The van der Waals surface area contributed by atoms with Crippen molar-refractivity contribution in [2.45, 2.75) is 45.3 Å². The van der Waals surface area contributed by atoms with E-state index in [1.807, 2.05) is 52.0 Å². The van der Waals surface area contributed by atoms with Gasteiger partial charge in [0.1, 0.15) is 17.0 Å². The molecule has 5 nitrogen and oxygen atoms in total. The molecular formula is C17H25NO4. The predicted octanol–water partition coefficient (Wildman–Crippen LogP) is 2.91. The van der Waals surface area contributed by atoms with Gasteiger partial charge in [-0.3, -0.25) is 0 Å². The number of carbonyl (C=O) groups is 1. The number of carbonyl (C=O) groups excluding carboxylic acids is 1. The minimum atomic E-state index is -1.03. The molecule has 0 aromatic heterocycles. The number of β-amino-alcohol motifs (C(OH)–C–C–N with tert-alkyl or cyclic N) is 1. The predicted molar refractivity (Wildman–Crippen MR) is 83.9 cm³/mol. The van der Waals surface area contributed by atoms with Crippen LogP contribution in [0.3, 0.4) is 0 Å². The average Bonchev–Trinajstić information content (AvgIpc) is 2.82. The number of rotatable bonds is 3. The van der Waals surface area contributed by atoms with Gasteiger partial charge in [0.25, 0.3) is 0 Å². The highest BCUT2D eigenvalue weighted by Gasteiger charge is 2.40. The highest BCUT2D eigenvalue weighted by atomic mass is 16.6. The zero-order chi connectivity index (χ0) is 16.4. The molecule has 1 aromatic rings. The van der Waals surface area contributed by atoms with E-state index in [-0.39, 0.29) is 12.6 Å². The lowest BCUT2D eigenvalue weighted by molar-refractivity contribution is 0.0140. The molecule has 0 spiro atoms. The number of amides is 1. The summed E-state index contributed by atoms with van der Waals surface area (Å²) in [5, 5.41) is 10.8. The van der Waals surface area contributed by atoms with Crippen LogP contribution in [0.4, 0.5) is 4.79 Å². The van der Waals surface area contributed by atoms with Gasteiger partial charge >= 0.3 is 6.09 Å². The van der Waals surface area contributed by atoms with Crippen molar-refractivity contribution in [1.29, 1.82) is 0 Å². The van der Waals surface area contributed by atoms with Crippen LogP contribution in [-0.4, -0.2) is 41.4 Å². The molecule has 1 atom stereocenters. The Morgan fingerprint density at radius 1 is 1.32 bits per heavy atom. The van der Waals surface area contributed by atoms with Crippen molar-refractivity contribution in [2.24, 2.45) is 0 Å². The molecule has 1 fully saturated rings. The van der Waals surface area contributed by atoms with E-state index < -0.39 is 11.2 Å². The number of hydrogen-bond acceptors (Lipinski definition) is 4. The maximum atomic E-state index is 12.1. The summed E-state index contributed by atoms with van der Waals surface area (Å²) in [6.45, 7) is 8.76. The topological polar surface area (TPSA) is 59.0 Å². The Kier molecular flexibility index (Phi) is 4.66. The number of hydrogen-bond donors (Lipinski definition) is 1. The van der Waals surface area contributed by atoms with E-state index in [4.69, 9.17) is 9.47 Å². The molecular weight excluding hydrogens is 282 g/mol. The first-order valence-electron chi connectivity index (χ1n) is 7.67. The molecule has 1 amide bonds. The van der Waals surface area contributed by atoms with E-state index in [9.17, 15) is 9.90 Å². The molecule has 1 aromatic carbocycles. The van der Waals surface area contributed by atoms with E-state index in [1.54, 1.807) is 4.90 Å². The maximum absolute atomic E-state index is 12.1.